The maximum absolute atomic E-state index is 11.9. The van der Waals surface area contributed by atoms with Crippen molar-refractivity contribution in [3.8, 4) is 17.2 Å². The van der Waals surface area contributed by atoms with Crippen LogP contribution in [0.5, 0.6) is 17.2 Å². The third-order valence-electron chi connectivity index (χ3n) is 4.25. The number of nitrogens with one attached hydrogen (secondary N) is 1. The molecule has 3 rings (SSSR count). The number of hydrogen-bond acceptors (Lipinski definition) is 7. The van der Waals surface area contributed by atoms with Crippen LogP contribution in [0.15, 0.2) is 77.9 Å². The van der Waals surface area contributed by atoms with Crippen LogP contribution in [0.4, 0.5) is 5.69 Å². The summed E-state index contributed by atoms with van der Waals surface area (Å²) < 4.78 is 16.5. The van der Waals surface area contributed by atoms with Gasteiger partial charge < -0.3 is 14.2 Å². The number of rotatable bonds is 10. The average Bonchev–Trinajstić information content (AvgIpc) is 2.82. The van der Waals surface area contributed by atoms with Crippen molar-refractivity contribution in [3.63, 3.8) is 0 Å². The Labute approximate surface area is 184 Å². The fourth-order valence-electron chi connectivity index (χ4n) is 2.64. The molecule has 3 aromatic rings. The Hall–Kier alpha value is -4.40. The van der Waals surface area contributed by atoms with E-state index < -0.39 is 10.8 Å². The lowest BCUT2D eigenvalue weighted by Crippen LogP contribution is -2.24. The third-order valence-corrected chi connectivity index (χ3v) is 4.25. The summed E-state index contributed by atoms with van der Waals surface area (Å²) in [5.74, 6) is 0.992. The molecule has 0 heterocycles. The van der Waals surface area contributed by atoms with Crippen molar-refractivity contribution in [1.29, 1.82) is 0 Å². The molecule has 1 amide bonds. The Kier molecular flexibility index (Phi) is 7.74. The van der Waals surface area contributed by atoms with Gasteiger partial charge >= 0.3 is 0 Å². The van der Waals surface area contributed by atoms with Crippen LogP contribution in [0.3, 0.4) is 0 Å². The number of ether oxygens (including phenoxy) is 3. The quantitative estimate of drug-likeness (QED) is 0.295. The van der Waals surface area contributed by atoms with Gasteiger partial charge in [0.1, 0.15) is 12.4 Å². The standard InChI is InChI=1S/C23H21N3O6/c1-30-22-13-18(7-12-21(22)32-15-17-5-3-2-4-6-17)14-24-25-23(27)16-31-20-10-8-19(9-11-20)26(28)29/h2-14H,15-16H2,1H3,(H,25,27)/b24-14+. The first kappa shape index (κ1) is 22.3. The first-order chi connectivity index (χ1) is 15.5. The second-order valence-corrected chi connectivity index (χ2v) is 6.52. The summed E-state index contributed by atoms with van der Waals surface area (Å²) in [6, 6.07) is 20.5. The number of nitro groups is 1. The van der Waals surface area contributed by atoms with E-state index in [9.17, 15) is 14.9 Å². The van der Waals surface area contributed by atoms with Crippen LogP contribution in [0.2, 0.25) is 0 Å². The Morgan fingerprint density at radius 2 is 1.78 bits per heavy atom. The molecule has 0 fully saturated rings. The van der Waals surface area contributed by atoms with Gasteiger partial charge in [-0.15, -0.1) is 0 Å². The van der Waals surface area contributed by atoms with Gasteiger partial charge in [-0.3, -0.25) is 14.9 Å². The normalized spacial score (nSPS) is 10.5. The lowest BCUT2D eigenvalue weighted by atomic mass is 10.2. The minimum atomic E-state index is -0.512. The van der Waals surface area contributed by atoms with E-state index >= 15 is 0 Å². The number of carbonyl (C=O) groups excluding carboxylic acids is 1. The SMILES string of the molecule is COc1cc(/C=N/NC(=O)COc2ccc([N+](=O)[O-])cc2)ccc1OCc1ccccc1. The van der Waals surface area contributed by atoms with Crippen molar-refractivity contribution in [3.05, 3.63) is 94.0 Å². The molecule has 3 aromatic carbocycles. The molecule has 9 heteroatoms. The van der Waals surface area contributed by atoms with E-state index in [2.05, 4.69) is 10.5 Å². The summed E-state index contributed by atoms with van der Waals surface area (Å²) >= 11 is 0. The van der Waals surface area contributed by atoms with Crippen molar-refractivity contribution in [2.24, 2.45) is 5.10 Å². The topological polar surface area (TPSA) is 112 Å². The number of hydrazone groups is 1. The number of nitrogens with zero attached hydrogens (tertiary/aromatic N) is 2. The predicted molar refractivity (Wildman–Crippen MR) is 118 cm³/mol. The highest BCUT2D eigenvalue weighted by atomic mass is 16.6. The van der Waals surface area contributed by atoms with Crippen LogP contribution in [-0.4, -0.2) is 30.8 Å². The summed E-state index contributed by atoms with van der Waals surface area (Å²) in [4.78, 5) is 22.0. The zero-order chi connectivity index (χ0) is 22.8. The summed E-state index contributed by atoms with van der Waals surface area (Å²) in [6.07, 6.45) is 1.47. The van der Waals surface area contributed by atoms with Crippen LogP contribution in [-0.2, 0) is 11.4 Å². The summed E-state index contributed by atoms with van der Waals surface area (Å²) in [7, 11) is 1.54. The summed E-state index contributed by atoms with van der Waals surface area (Å²) in [5.41, 5.74) is 4.04. The molecule has 164 valence electrons. The zero-order valence-electron chi connectivity index (χ0n) is 17.3. The number of methoxy groups -OCH3 is 1. The molecule has 0 atom stereocenters. The molecular weight excluding hydrogens is 414 g/mol. The van der Waals surface area contributed by atoms with Gasteiger partial charge in [0, 0.05) is 12.1 Å². The van der Waals surface area contributed by atoms with Crippen molar-refractivity contribution >= 4 is 17.8 Å². The molecule has 0 saturated carbocycles. The van der Waals surface area contributed by atoms with E-state index in [0.717, 1.165) is 5.56 Å². The number of hydrogen-bond donors (Lipinski definition) is 1. The van der Waals surface area contributed by atoms with E-state index in [1.165, 1.54) is 30.5 Å². The van der Waals surface area contributed by atoms with Gasteiger partial charge in [-0.25, -0.2) is 5.43 Å². The fourth-order valence-corrected chi connectivity index (χ4v) is 2.64. The number of non-ortho nitro benzene ring substituents is 1. The van der Waals surface area contributed by atoms with Crippen molar-refractivity contribution < 1.29 is 23.9 Å². The van der Waals surface area contributed by atoms with Crippen molar-refractivity contribution in [1.82, 2.24) is 5.43 Å². The lowest BCUT2D eigenvalue weighted by Gasteiger charge is -2.11. The highest BCUT2D eigenvalue weighted by Gasteiger charge is 2.07. The van der Waals surface area contributed by atoms with Gasteiger partial charge in [0.15, 0.2) is 18.1 Å². The van der Waals surface area contributed by atoms with E-state index in [1.807, 2.05) is 30.3 Å². The minimum Gasteiger partial charge on any atom is -0.493 e. The highest BCUT2D eigenvalue weighted by Crippen LogP contribution is 2.28. The largest absolute Gasteiger partial charge is 0.493 e. The maximum Gasteiger partial charge on any atom is 0.277 e. The van der Waals surface area contributed by atoms with Gasteiger partial charge in [0.25, 0.3) is 11.6 Å². The van der Waals surface area contributed by atoms with Gasteiger partial charge in [0.05, 0.1) is 18.2 Å². The number of nitro benzene ring substituents is 1. The Balaban J connectivity index is 1.49. The van der Waals surface area contributed by atoms with Crippen LogP contribution >= 0.6 is 0 Å². The molecule has 0 aromatic heterocycles. The van der Waals surface area contributed by atoms with Gasteiger partial charge in [-0.2, -0.15) is 5.10 Å². The fraction of sp³-hybridized carbons (Fsp3) is 0.130. The number of amides is 1. The summed E-state index contributed by atoms with van der Waals surface area (Å²) in [5, 5.41) is 14.5. The monoisotopic (exact) mass is 435 g/mol. The van der Waals surface area contributed by atoms with Crippen molar-refractivity contribution in [2.75, 3.05) is 13.7 Å². The predicted octanol–water partition coefficient (Wildman–Crippen LogP) is 3.71. The molecule has 0 bridgehead atoms. The Morgan fingerprint density at radius 1 is 1.03 bits per heavy atom. The smallest absolute Gasteiger partial charge is 0.277 e. The highest BCUT2D eigenvalue weighted by molar-refractivity contribution is 5.83. The molecule has 9 nitrogen and oxygen atoms in total. The lowest BCUT2D eigenvalue weighted by molar-refractivity contribution is -0.384. The Morgan fingerprint density at radius 3 is 2.47 bits per heavy atom. The summed E-state index contributed by atoms with van der Waals surface area (Å²) in [6.45, 7) is 0.125. The molecule has 0 aliphatic heterocycles. The number of benzene rings is 3. The molecule has 0 saturated heterocycles. The van der Waals surface area contributed by atoms with E-state index in [1.54, 1.807) is 25.3 Å². The number of carbonyl (C=O) groups is 1. The van der Waals surface area contributed by atoms with Crippen LogP contribution in [0.1, 0.15) is 11.1 Å². The van der Waals surface area contributed by atoms with Crippen LogP contribution in [0.25, 0.3) is 0 Å². The molecule has 0 aliphatic carbocycles. The van der Waals surface area contributed by atoms with Crippen molar-refractivity contribution in [2.45, 2.75) is 6.61 Å². The third kappa shape index (κ3) is 6.56. The molecule has 0 radical (unpaired) electrons. The van der Waals surface area contributed by atoms with Gasteiger partial charge in [-0.1, -0.05) is 30.3 Å². The molecular formula is C23H21N3O6. The van der Waals surface area contributed by atoms with Crippen LogP contribution in [0, 0.1) is 10.1 Å². The minimum absolute atomic E-state index is 0.0571. The second kappa shape index (κ2) is 11.1. The molecule has 1 N–H and O–H groups in total. The Bertz CT molecular complexity index is 1080. The first-order valence-electron chi connectivity index (χ1n) is 9.59. The zero-order valence-corrected chi connectivity index (χ0v) is 17.3. The molecule has 0 unspecified atom stereocenters. The molecule has 32 heavy (non-hydrogen) atoms. The molecule has 0 spiro atoms. The van der Waals surface area contributed by atoms with E-state index in [0.29, 0.717) is 29.4 Å². The molecule has 0 aliphatic rings. The maximum atomic E-state index is 11.9. The first-order valence-corrected chi connectivity index (χ1v) is 9.59. The average molecular weight is 435 g/mol. The van der Waals surface area contributed by atoms with Crippen LogP contribution < -0.4 is 19.6 Å². The van der Waals surface area contributed by atoms with E-state index in [4.69, 9.17) is 14.2 Å². The second-order valence-electron chi connectivity index (χ2n) is 6.52. The van der Waals surface area contributed by atoms with E-state index in [-0.39, 0.29) is 12.3 Å². The van der Waals surface area contributed by atoms with Gasteiger partial charge in [0.2, 0.25) is 0 Å². The van der Waals surface area contributed by atoms with Gasteiger partial charge in [-0.05, 0) is 41.5 Å².